The Morgan fingerprint density at radius 1 is 1.36 bits per heavy atom. The van der Waals surface area contributed by atoms with Gasteiger partial charge in [0.05, 0.1) is 0 Å². The van der Waals surface area contributed by atoms with E-state index in [1.54, 1.807) is 6.92 Å². The van der Waals surface area contributed by atoms with Crippen molar-refractivity contribution in [3.05, 3.63) is 0 Å². The lowest BCUT2D eigenvalue weighted by Gasteiger charge is -2.04. The van der Waals surface area contributed by atoms with E-state index in [1.807, 2.05) is 13.8 Å². The number of hydrogen-bond donors (Lipinski definition) is 0. The fourth-order valence-electron chi connectivity index (χ4n) is 0.896. The minimum Gasteiger partial charge on any atom is -0.300 e. The van der Waals surface area contributed by atoms with Gasteiger partial charge in [-0.1, -0.05) is 13.8 Å². The second kappa shape index (κ2) is 5.97. The van der Waals surface area contributed by atoms with Crippen LogP contribution in [0.1, 0.15) is 40.0 Å². The number of carbonyl (C=O) groups excluding carboxylic acids is 1. The molecule has 0 N–H and O–H groups in total. The Labute approximate surface area is 69.2 Å². The van der Waals surface area contributed by atoms with E-state index in [2.05, 4.69) is 11.8 Å². The quantitative estimate of drug-likeness (QED) is 0.567. The van der Waals surface area contributed by atoms with E-state index in [9.17, 15) is 4.79 Å². The van der Waals surface area contributed by atoms with Gasteiger partial charge in [0, 0.05) is 18.8 Å². The van der Waals surface area contributed by atoms with Crippen molar-refractivity contribution in [3.63, 3.8) is 0 Å². The number of rotatable bonds is 3. The van der Waals surface area contributed by atoms with Crippen LogP contribution < -0.4 is 0 Å². The minimum absolute atomic E-state index is 0.161. The van der Waals surface area contributed by atoms with E-state index < -0.39 is 0 Å². The highest BCUT2D eigenvalue weighted by Crippen LogP contribution is 2.07. The van der Waals surface area contributed by atoms with Crippen LogP contribution in [-0.4, -0.2) is 5.78 Å². The average Bonchev–Trinajstić information content (AvgIpc) is 1.97. The molecule has 11 heavy (non-hydrogen) atoms. The largest absolute Gasteiger partial charge is 0.300 e. The van der Waals surface area contributed by atoms with Crippen molar-refractivity contribution >= 4 is 5.78 Å². The Kier molecular flexibility index (Phi) is 5.56. The molecule has 0 spiro atoms. The monoisotopic (exact) mass is 152 g/mol. The summed E-state index contributed by atoms with van der Waals surface area (Å²) in [4.78, 5) is 10.9. The fraction of sp³-hybridized carbons (Fsp3) is 0.700. The molecule has 0 saturated heterocycles. The minimum atomic E-state index is 0.161. The van der Waals surface area contributed by atoms with Crippen LogP contribution in [0.15, 0.2) is 0 Å². The summed E-state index contributed by atoms with van der Waals surface area (Å²) in [5.74, 6) is 6.39. The molecule has 0 saturated carbocycles. The van der Waals surface area contributed by atoms with E-state index in [1.165, 1.54) is 0 Å². The van der Waals surface area contributed by atoms with Gasteiger partial charge in [-0.2, -0.15) is 0 Å². The fourth-order valence-corrected chi connectivity index (χ4v) is 0.896. The Bertz CT molecular complexity index is 171. The molecule has 0 aliphatic rings. The smallest absolute Gasteiger partial charge is 0.133 e. The van der Waals surface area contributed by atoms with Crippen molar-refractivity contribution in [1.82, 2.24) is 0 Å². The van der Waals surface area contributed by atoms with Crippen LogP contribution in [-0.2, 0) is 4.79 Å². The molecule has 62 valence electrons. The van der Waals surface area contributed by atoms with Gasteiger partial charge < -0.3 is 0 Å². The maximum Gasteiger partial charge on any atom is 0.133 e. The third kappa shape index (κ3) is 4.61. The molecule has 0 aromatic heterocycles. The van der Waals surface area contributed by atoms with Crippen molar-refractivity contribution in [2.45, 2.75) is 40.0 Å². The topological polar surface area (TPSA) is 17.1 Å². The van der Waals surface area contributed by atoms with Crippen LogP contribution in [0.2, 0.25) is 0 Å². The van der Waals surface area contributed by atoms with Gasteiger partial charge in [0.15, 0.2) is 0 Å². The van der Waals surface area contributed by atoms with Gasteiger partial charge in [0.2, 0.25) is 0 Å². The SMILES string of the molecule is CCC#CCC(CC)C(C)=O. The predicted molar refractivity (Wildman–Crippen MR) is 47.1 cm³/mol. The number of ketones is 1. The first-order chi connectivity index (χ1) is 5.22. The van der Waals surface area contributed by atoms with Gasteiger partial charge in [-0.25, -0.2) is 0 Å². The molecule has 0 aliphatic carbocycles. The highest BCUT2D eigenvalue weighted by Gasteiger charge is 2.08. The molecule has 1 heteroatoms. The van der Waals surface area contributed by atoms with E-state index in [-0.39, 0.29) is 11.7 Å². The molecule has 1 nitrogen and oxygen atoms in total. The van der Waals surface area contributed by atoms with E-state index in [0.717, 1.165) is 19.3 Å². The van der Waals surface area contributed by atoms with Crippen molar-refractivity contribution in [2.24, 2.45) is 5.92 Å². The van der Waals surface area contributed by atoms with E-state index in [4.69, 9.17) is 0 Å². The highest BCUT2D eigenvalue weighted by atomic mass is 16.1. The second-order valence-corrected chi connectivity index (χ2v) is 2.63. The molecule has 0 aromatic carbocycles. The Morgan fingerprint density at radius 3 is 2.36 bits per heavy atom. The summed E-state index contributed by atoms with van der Waals surface area (Å²) in [6.45, 7) is 5.68. The van der Waals surface area contributed by atoms with Crippen LogP contribution in [0.25, 0.3) is 0 Å². The van der Waals surface area contributed by atoms with Crippen molar-refractivity contribution in [3.8, 4) is 11.8 Å². The first-order valence-electron chi connectivity index (χ1n) is 4.18. The zero-order valence-corrected chi connectivity index (χ0v) is 7.61. The maximum absolute atomic E-state index is 10.9. The normalized spacial score (nSPS) is 11.5. The molecule has 0 heterocycles. The summed E-state index contributed by atoms with van der Waals surface area (Å²) in [5, 5.41) is 0. The zero-order chi connectivity index (χ0) is 8.69. The van der Waals surface area contributed by atoms with E-state index in [0.29, 0.717) is 0 Å². The molecule has 1 atom stereocenters. The molecule has 0 aliphatic heterocycles. The number of hydrogen-bond acceptors (Lipinski definition) is 1. The van der Waals surface area contributed by atoms with Crippen molar-refractivity contribution in [2.75, 3.05) is 0 Å². The molecule has 0 fully saturated rings. The van der Waals surface area contributed by atoms with Crippen molar-refractivity contribution < 1.29 is 4.79 Å². The summed E-state index contributed by atoms with van der Waals surface area (Å²) in [6, 6.07) is 0. The third-order valence-corrected chi connectivity index (χ3v) is 1.72. The lowest BCUT2D eigenvalue weighted by atomic mass is 9.99. The second-order valence-electron chi connectivity index (χ2n) is 2.63. The van der Waals surface area contributed by atoms with Gasteiger partial charge in [0.25, 0.3) is 0 Å². The highest BCUT2D eigenvalue weighted by molar-refractivity contribution is 5.78. The molecular weight excluding hydrogens is 136 g/mol. The summed E-state index contributed by atoms with van der Waals surface area (Å²) in [7, 11) is 0. The van der Waals surface area contributed by atoms with Crippen LogP contribution >= 0.6 is 0 Å². The molecular formula is C10H16O. The van der Waals surface area contributed by atoms with E-state index >= 15 is 0 Å². The van der Waals surface area contributed by atoms with Crippen LogP contribution in [0, 0.1) is 17.8 Å². The summed E-state index contributed by atoms with van der Waals surface area (Å²) < 4.78 is 0. The molecule has 0 amide bonds. The van der Waals surface area contributed by atoms with Crippen LogP contribution in [0.5, 0.6) is 0 Å². The van der Waals surface area contributed by atoms with Gasteiger partial charge in [-0.15, -0.1) is 11.8 Å². The summed E-state index contributed by atoms with van der Waals surface area (Å²) >= 11 is 0. The molecule has 1 unspecified atom stereocenters. The Balaban J connectivity index is 3.79. The molecule has 0 rings (SSSR count). The Hall–Kier alpha value is -0.770. The lowest BCUT2D eigenvalue weighted by Crippen LogP contribution is -2.08. The first kappa shape index (κ1) is 10.2. The third-order valence-electron chi connectivity index (χ3n) is 1.72. The van der Waals surface area contributed by atoms with Crippen LogP contribution in [0.3, 0.4) is 0 Å². The van der Waals surface area contributed by atoms with Gasteiger partial charge in [-0.3, -0.25) is 4.79 Å². The zero-order valence-electron chi connectivity index (χ0n) is 7.61. The van der Waals surface area contributed by atoms with Gasteiger partial charge in [-0.05, 0) is 13.3 Å². The standard InChI is InChI=1S/C10H16O/c1-4-6-7-8-10(5-2)9(3)11/h10H,4-5,8H2,1-3H3. The lowest BCUT2D eigenvalue weighted by molar-refractivity contribution is -0.120. The van der Waals surface area contributed by atoms with Gasteiger partial charge >= 0.3 is 0 Å². The molecule has 0 aromatic rings. The first-order valence-corrected chi connectivity index (χ1v) is 4.18. The number of carbonyl (C=O) groups is 1. The predicted octanol–water partition coefficient (Wildman–Crippen LogP) is 2.41. The van der Waals surface area contributed by atoms with Crippen molar-refractivity contribution in [1.29, 1.82) is 0 Å². The summed E-state index contributed by atoms with van der Waals surface area (Å²) in [5.41, 5.74) is 0. The van der Waals surface area contributed by atoms with Crippen LogP contribution in [0.4, 0.5) is 0 Å². The van der Waals surface area contributed by atoms with Gasteiger partial charge in [0.1, 0.15) is 5.78 Å². The molecule has 0 bridgehead atoms. The Morgan fingerprint density at radius 2 is 2.00 bits per heavy atom. The molecule has 0 radical (unpaired) electrons. The summed E-state index contributed by atoms with van der Waals surface area (Å²) in [6.07, 6.45) is 2.53. The maximum atomic E-state index is 10.9. The average molecular weight is 152 g/mol. The number of Topliss-reactive ketones (excluding diaryl/α,β-unsaturated/α-hetero) is 1.